The molecule has 29 heavy (non-hydrogen) atoms. The van der Waals surface area contributed by atoms with Gasteiger partial charge < -0.3 is 10.6 Å². The Labute approximate surface area is 162 Å². The van der Waals surface area contributed by atoms with Gasteiger partial charge in [0.15, 0.2) is 0 Å². The molecule has 0 spiro atoms. The fourth-order valence-corrected chi connectivity index (χ4v) is 3.21. The van der Waals surface area contributed by atoms with E-state index >= 15 is 0 Å². The van der Waals surface area contributed by atoms with Gasteiger partial charge in [0.1, 0.15) is 6.54 Å². The van der Waals surface area contributed by atoms with Crippen molar-refractivity contribution < 1.29 is 35.9 Å². The Balaban J connectivity index is 2.28. The summed E-state index contributed by atoms with van der Waals surface area (Å²) in [4.78, 5) is 24.6. The van der Waals surface area contributed by atoms with Gasteiger partial charge in [0.2, 0.25) is 5.91 Å². The molecule has 1 aromatic rings. The summed E-state index contributed by atoms with van der Waals surface area (Å²) in [5, 5.41) is 13.3. The van der Waals surface area contributed by atoms with Crippen LogP contribution in [0.1, 0.15) is 47.2 Å². The number of benzene rings is 1. The summed E-state index contributed by atoms with van der Waals surface area (Å²) in [5.41, 5.74) is -3.98. The minimum absolute atomic E-state index is 0.0600. The van der Waals surface area contributed by atoms with Crippen molar-refractivity contribution in [3.8, 4) is 6.07 Å². The quantitative estimate of drug-likeness (QED) is 0.575. The van der Waals surface area contributed by atoms with Crippen molar-refractivity contribution in [2.24, 2.45) is 5.92 Å². The minimum Gasteiger partial charge on any atom is -0.349 e. The van der Waals surface area contributed by atoms with E-state index < -0.39 is 52.8 Å². The van der Waals surface area contributed by atoms with Gasteiger partial charge in [-0.15, -0.1) is 0 Å². The summed E-state index contributed by atoms with van der Waals surface area (Å²) in [7, 11) is 0. The molecule has 0 aromatic heterocycles. The number of nitriles is 1. The first kappa shape index (κ1) is 22.5. The third-order valence-corrected chi connectivity index (χ3v) is 4.61. The number of hydrogen-bond donors (Lipinski definition) is 2. The van der Waals surface area contributed by atoms with Crippen LogP contribution in [0.2, 0.25) is 0 Å². The summed E-state index contributed by atoms with van der Waals surface area (Å²) in [5.74, 6) is -2.36. The van der Waals surface area contributed by atoms with Crippen LogP contribution in [0.25, 0.3) is 0 Å². The van der Waals surface area contributed by atoms with Crippen molar-refractivity contribution in [2.75, 3.05) is 6.54 Å². The zero-order chi connectivity index (χ0) is 21.8. The number of carbonyl (C=O) groups is 2. The molecular formula is C18H17F6N3O2. The standard InChI is InChI=1S/C18H17F6N3O2/c19-17(20,21)11-7-10(8-12(9-11)18(22,23)24)15(28)27-14-4-2-1-3-13(14)16(29)26-6-5-25/h7-9,13-14H,1-4,6H2,(H,26,29)(H,27,28). The largest absolute Gasteiger partial charge is 0.416 e. The van der Waals surface area contributed by atoms with Crippen LogP contribution in [0.15, 0.2) is 18.2 Å². The molecule has 1 aromatic carbocycles. The van der Waals surface area contributed by atoms with Crippen LogP contribution in [0.4, 0.5) is 26.3 Å². The molecule has 5 nitrogen and oxygen atoms in total. The van der Waals surface area contributed by atoms with Gasteiger partial charge in [-0.25, -0.2) is 0 Å². The first-order valence-corrected chi connectivity index (χ1v) is 8.68. The summed E-state index contributed by atoms with van der Waals surface area (Å²) >= 11 is 0. The summed E-state index contributed by atoms with van der Waals surface area (Å²) < 4.78 is 77.8. The maximum absolute atomic E-state index is 13.0. The predicted molar refractivity (Wildman–Crippen MR) is 88.3 cm³/mol. The Kier molecular flexibility index (Phi) is 6.77. The lowest BCUT2D eigenvalue weighted by molar-refractivity contribution is -0.143. The van der Waals surface area contributed by atoms with Gasteiger partial charge >= 0.3 is 12.4 Å². The molecule has 2 atom stereocenters. The molecule has 1 saturated carbocycles. The topological polar surface area (TPSA) is 82.0 Å². The van der Waals surface area contributed by atoms with Crippen LogP contribution < -0.4 is 10.6 Å². The molecule has 11 heteroatoms. The first-order chi connectivity index (χ1) is 13.4. The van der Waals surface area contributed by atoms with E-state index in [0.717, 1.165) is 0 Å². The normalized spacial score (nSPS) is 19.9. The highest BCUT2D eigenvalue weighted by atomic mass is 19.4. The van der Waals surface area contributed by atoms with E-state index in [4.69, 9.17) is 5.26 Å². The number of halogens is 6. The van der Waals surface area contributed by atoms with E-state index in [1.165, 1.54) is 0 Å². The van der Waals surface area contributed by atoms with Crippen molar-refractivity contribution in [3.05, 3.63) is 34.9 Å². The third kappa shape index (κ3) is 5.85. The molecule has 2 amide bonds. The second-order valence-electron chi connectivity index (χ2n) is 6.64. The van der Waals surface area contributed by atoms with E-state index in [1.54, 1.807) is 6.07 Å². The lowest BCUT2D eigenvalue weighted by Crippen LogP contribution is -2.48. The van der Waals surface area contributed by atoms with E-state index in [9.17, 15) is 35.9 Å². The molecular weight excluding hydrogens is 404 g/mol. The number of hydrogen-bond acceptors (Lipinski definition) is 3. The summed E-state index contributed by atoms with van der Waals surface area (Å²) in [6, 6.07) is 1.59. The van der Waals surface area contributed by atoms with Gasteiger partial charge in [0.25, 0.3) is 5.91 Å². The van der Waals surface area contributed by atoms with Gasteiger partial charge in [0, 0.05) is 11.6 Å². The van der Waals surface area contributed by atoms with Gasteiger partial charge in [-0.2, -0.15) is 31.6 Å². The molecule has 2 N–H and O–H groups in total. The second-order valence-corrected chi connectivity index (χ2v) is 6.64. The van der Waals surface area contributed by atoms with Crippen LogP contribution >= 0.6 is 0 Å². The predicted octanol–water partition coefficient (Wildman–Crippen LogP) is 3.65. The molecule has 0 heterocycles. The number of amides is 2. The monoisotopic (exact) mass is 421 g/mol. The van der Waals surface area contributed by atoms with E-state index in [2.05, 4.69) is 10.6 Å². The third-order valence-electron chi connectivity index (χ3n) is 4.61. The number of rotatable bonds is 4. The Morgan fingerprint density at radius 3 is 2.07 bits per heavy atom. The van der Waals surface area contributed by atoms with Crippen LogP contribution in [-0.4, -0.2) is 24.4 Å². The summed E-state index contributed by atoms with van der Waals surface area (Å²) in [6.45, 7) is -0.251. The number of carbonyl (C=O) groups excluding carboxylic acids is 2. The van der Waals surface area contributed by atoms with Crippen molar-refractivity contribution in [1.29, 1.82) is 5.26 Å². The van der Waals surface area contributed by atoms with Gasteiger partial charge in [-0.05, 0) is 31.0 Å². The molecule has 1 aliphatic carbocycles. The van der Waals surface area contributed by atoms with E-state index in [1.807, 2.05) is 0 Å². The maximum Gasteiger partial charge on any atom is 0.416 e. The van der Waals surface area contributed by atoms with Crippen molar-refractivity contribution in [2.45, 2.75) is 44.1 Å². The smallest absolute Gasteiger partial charge is 0.349 e. The fourth-order valence-electron chi connectivity index (χ4n) is 3.21. The van der Waals surface area contributed by atoms with E-state index in [-0.39, 0.29) is 12.6 Å². The van der Waals surface area contributed by atoms with Crippen LogP contribution in [0, 0.1) is 17.2 Å². The Hall–Kier alpha value is -2.77. The van der Waals surface area contributed by atoms with Crippen molar-refractivity contribution >= 4 is 11.8 Å². The average Bonchev–Trinajstić information content (AvgIpc) is 2.64. The zero-order valence-corrected chi connectivity index (χ0v) is 15.0. The molecule has 0 saturated heterocycles. The molecule has 1 fully saturated rings. The van der Waals surface area contributed by atoms with Gasteiger partial charge in [0.05, 0.1) is 23.1 Å². The molecule has 158 valence electrons. The Morgan fingerprint density at radius 2 is 1.55 bits per heavy atom. The van der Waals surface area contributed by atoms with Crippen molar-refractivity contribution in [3.63, 3.8) is 0 Å². The Morgan fingerprint density at radius 1 is 1.00 bits per heavy atom. The maximum atomic E-state index is 13.0. The van der Waals surface area contributed by atoms with Crippen molar-refractivity contribution in [1.82, 2.24) is 10.6 Å². The summed E-state index contributed by atoms with van der Waals surface area (Å²) in [6.07, 6.45) is -8.14. The highest BCUT2D eigenvalue weighted by Gasteiger charge is 2.38. The number of alkyl halides is 6. The minimum atomic E-state index is -5.07. The number of nitrogens with one attached hydrogen (secondary N) is 2. The lowest BCUT2D eigenvalue weighted by Gasteiger charge is -2.31. The highest BCUT2D eigenvalue weighted by Crippen LogP contribution is 2.36. The molecule has 0 bridgehead atoms. The fraction of sp³-hybridized carbons (Fsp3) is 0.500. The van der Waals surface area contributed by atoms with E-state index in [0.29, 0.717) is 37.8 Å². The first-order valence-electron chi connectivity index (χ1n) is 8.68. The molecule has 0 radical (unpaired) electrons. The molecule has 2 unspecified atom stereocenters. The number of nitrogens with zero attached hydrogens (tertiary/aromatic N) is 1. The molecule has 2 rings (SSSR count). The highest BCUT2D eigenvalue weighted by molar-refractivity contribution is 5.95. The van der Waals surface area contributed by atoms with Crippen LogP contribution in [0.5, 0.6) is 0 Å². The van der Waals surface area contributed by atoms with Gasteiger partial charge in [-0.3, -0.25) is 9.59 Å². The molecule has 0 aliphatic heterocycles. The second kappa shape index (κ2) is 8.71. The van der Waals surface area contributed by atoms with Gasteiger partial charge in [-0.1, -0.05) is 12.8 Å². The Bertz CT molecular complexity index is 781. The zero-order valence-electron chi connectivity index (χ0n) is 15.0. The van der Waals surface area contributed by atoms with Crippen LogP contribution in [0.3, 0.4) is 0 Å². The average molecular weight is 421 g/mol. The van der Waals surface area contributed by atoms with Crippen LogP contribution in [-0.2, 0) is 17.1 Å². The molecule has 1 aliphatic rings. The SMILES string of the molecule is N#CCNC(=O)C1CCCCC1NC(=O)c1cc(C(F)(F)F)cc(C(F)(F)F)c1. The lowest BCUT2D eigenvalue weighted by atomic mass is 9.83.